The van der Waals surface area contributed by atoms with Crippen LogP contribution in [0.15, 0.2) is 34.9 Å². The Morgan fingerprint density at radius 3 is 2.35 bits per heavy atom. The second kappa shape index (κ2) is 6.97. The minimum atomic E-state index is -1.69. The standard InChI is InChI=1S/C14H11F3N2O4/c15-8-4-7(5-9(16)12(8)17)18-13(21)14(22)19-10(6-20)11-2-1-3-23-11/h1-5,10,20H,6H2,(H,18,21)(H,19,22). The van der Waals surface area contributed by atoms with Crippen LogP contribution in [0.2, 0.25) is 0 Å². The number of hydrogen-bond donors (Lipinski definition) is 3. The number of aliphatic hydroxyl groups is 1. The molecular weight excluding hydrogens is 317 g/mol. The summed E-state index contributed by atoms with van der Waals surface area (Å²) in [5.74, 6) is -6.92. The van der Waals surface area contributed by atoms with Gasteiger partial charge in [0.25, 0.3) is 0 Å². The van der Waals surface area contributed by atoms with Gasteiger partial charge in [-0.05, 0) is 12.1 Å². The van der Waals surface area contributed by atoms with Crippen LogP contribution in [0, 0.1) is 17.5 Å². The molecule has 0 aliphatic carbocycles. The summed E-state index contributed by atoms with van der Waals surface area (Å²) >= 11 is 0. The fourth-order valence-electron chi connectivity index (χ4n) is 1.74. The summed E-state index contributed by atoms with van der Waals surface area (Å²) in [4.78, 5) is 23.4. The lowest BCUT2D eigenvalue weighted by atomic mass is 10.2. The summed E-state index contributed by atoms with van der Waals surface area (Å²) in [6.45, 7) is -0.535. The number of anilines is 1. The van der Waals surface area contributed by atoms with Gasteiger partial charge in [-0.25, -0.2) is 13.2 Å². The quantitative estimate of drug-likeness (QED) is 0.586. The molecule has 1 atom stereocenters. The summed E-state index contributed by atoms with van der Waals surface area (Å²) in [5, 5.41) is 13.3. The second-order valence-electron chi connectivity index (χ2n) is 4.43. The van der Waals surface area contributed by atoms with Crippen molar-refractivity contribution in [1.29, 1.82) is 0 Å². The summed E-state index contributed by atoms with van der Waals surface area (Å²) in [6.07, 6.45) is 1.31. The molecule has 9 heteroatoms. The smallest absolute Gasteiger partial charge is 0.313 e. The third-order valence-electron chi connectivity index (χ3n) is 2.82. The maximum atomic E-state index is 13.0. The van der Waals surface area contributed by atoms with E-state index in [4.69, 9.17) is 4.42 Å². The van der Waals surface area contributed by atoms with E-state index >= 15 is 0 Å². The number of carbonyl (C=O) groups excluding carboxylic acids is 2. The van der Waals surface area contributed by atoms with Gasteiger partial charge in [0.05, 0.1) is 12.9 Å². The summed E-state index contributed by atoms with van der Waals surface area (Å²) in [5.41, 5.74) is -0.430. The molecule has 0 radical (unpaired) electrons. The van der Waals surface area contributed by atoms with Gasteiger partial charge in [0.1, 0.15) is 11.8 Å². The van der Waals surface area contributed by atoms with E-state index in [0.717, 1.165) is 0 Å². The molecule has 0 saturated carbocycles. The summed E-state index contributed by atoms with van der Waals surface area (Å²) in [6, 6.07) is 3.09. The van der Waals surface area contributed by atoms with Gasteiger partial charge in [-0.2, -0.15) is 0 Å². The van der Waals surface area contributed by atoms with Crippen LogP contribution < -0.4 is 10.6 Å². The first-order valence-corrected chi connectivity index (χ1v) is 6.33. The van der Waals surface area contributed by atoms with Gasteiger partial charge in [-0.3, -0.25) is 9.59 Å². The largest absolute Gasteiger partial charge is 0.467 e. The maximum absolute atomic E-state index is 13.0. The van der Waals surface area contributed by atoms with Crippen LogP contribution >= 0.6 is 0 Å². The van der Waals surface area contributed by atoms with Crippen LogP contribution in [0.5, 0.6) is 0 Å². The van der Waals surface area contributed by atoms with Gasteiger partial charge in [0.15, 0.2) is 17.5 Å². The Hall–Kier alpha value is -2.81. The molecule has 2 amide bonds. The molecule has 122 valence electrons. The number of amides is 2. The Morgan fingerprint density at radius 2 is 1.83 bits per heavy atom. The maximum Gasteiger partial charge on any atom is 0.313 e. The van der Waals surface area contributed by atoms with Crippen molar-refractivity contribution in [3.63, 3.8) is 0 Å². The number of hydrogen-bond acceptors (Lipinski definition) is 4. The first-order valence-electron chi connectivity index (χ1n) is 6.33. The molecule has 0 aliphatic heterocycles. The lowest BCUT2D eigenvalue weighted by molar-refractivity contribution is -0.136. The van der Waals surface area contributed by atoms with Crippen LogP contribution in [0.25, 0.3) is 0 Å². The molecule has 0 aliphatic rings. The van der Waals surface area contributed by atoms with Crippen molar-refractivity contribution in [2.24, 2.45) is 0 Å². The Morgan fingerprint density at radius 1 is 1.17 bits per heavy atom. The molecule has 1 aromatic carbocycles. The minimum absolute atomic E-state index is 0.215. The average Bonchev–Trinajstić information content (AvgIpc) is 3.04. The predicted molar refractivity (Wildman–Crippen MR) is 71.6 cm³/mol. The molecule has 1 heterocycles. The van der Waals surface area contributed by atoms with Crippen molar-refractivity contribution < 1.29 is 32.3 Å². The number of halogens is 3. The van der Waals surface area contributed by atoms with Gasteiger partial charge in [0.2, 0.25) is 0 Å². The van der Waals surface area contributed by atoms with E-state index < -0.39 is 47.6 Å². The highest BCUT2D eigenvalue weighted by Gasteiger charge is 2.22. The number of rotatable bonds is 4. The Bertz CT molecular complexity index is 696. The topological polar surface area (TPSA) is 91.6 Å². The van der Waals surface area contributed by atoms with Crippen LogP contribution in [0.3, 0.4) is 0 Å². The molecule has 23 heavy (non-hydrogen) atoms. The predicted octanol–water partition coefficient (Wildman–Crippen LogP) is 1.49. The molecule has 6 nitrogen and oxygen atoms in total. The zero-order valence-corrected chi connectivity index (χ0v) is 11.5. The fourth-order valence-corrected chi connectivity index (χ4v) is 1.74. The van der Waals surface area contributed by atoms with Crippen LogP contribution in [0.1, 0.15) is 11.8 Å². The van der Waals surface area contributed by atoms with Crippen molar-refractivity contribution in [2.75, 3.05) is 11.9 Å². The van der Waals surface area contributed by atoms with Crippen LogP contribution in [-0.4, -0.2) is 23.5 Å². The first kappa shape index (κ1) is 16.6. The van der Waals surface area contributed by atoms with Gasteiger partial charge in [0, 0.05) is 17.8 Å². The van der Waals surface area contributed by atoms with Gasteiger partial charge in [-0.1, -0.05) is 0 Å². The van der Waals surface area contributed by atoms with Crippen LogP contribution in [-0.2, 0) is 9.59 Å². The Balaban J connectivity index is 2.04. The van der Waals surface area contributed by atoms with E-state index in [1.54, 1.807) is 0 Å². The lowest BCUT2D eigenvalue weighted by Crippen LogP contribution is -2.39. The molecule has 1 unspecified atom stereocenters. The number of aliphatic hydroxyl groups excluding tert-OH is 1. The molecule has 3 N–H and O–H groups in total. The molecule has 0 saturated heterocycles. The lowest BCUT2D eigenvalue weighted by Gasteiger charge is -2.13. The number of nitrogens with one attached hydrogen (secondary N) is 2. The molecule has 0 fully saturated rings. The first-order chi connectivity index (χ1) is 10.9. The fraction of sp³-hybridized carbons (Fsp3) is 0.143. The molecule has 0 bridgehead atoms. The van der Waals surface area contributed by atoms with E-state index in [-0.39, 0.29) is 5.76 Å². The molecule has 1 aromatic heterocycles. The van der Waals surface area contributed by atoms with E-state index in [1.807, 2.05) is 5.32 Å². The summed E-state index contributed by atoms with van der Waals surface area (Å²) < 4.78 is 43.8. The summed E-state index contributed by atoms with van der Waals surface area (Å²) in [7, 11) is 0. The molecule has 2 rings (SSSR count). The van der Waals surface area contributed by atoms with E-state index in [1.165, 1.54) is 18.4 Å². The zero-order valence-electron chi connectivity index (χ0n) is 11.5. The normalized spacial score (nSPS) is 11.8. The van der Waals surface area contributed by atoms with Crippen molar-refractivity contribution in [3.8, 4) is 0 Å². The van der Waals surface area contributed by atoms with E-state index in [2.05, 4.69) is 5.32 Å². The highest BCUT2D eigenvalue weighted by Crippen LogP contribution is 2.17. The van der Waals surface area contributed by atoms with Gasteiger partial charge in [-0.15, -0.1) is 0 Å². The average molecular weight is 328 g/mol. The van der Waals surface area contributed by atoms with Gasteiger partial charge < -0.3 is 20.2 Å². The molecular formula is C14H11F3N2O4. The van der Waals surface area contributed by atoms with Crippen molar-refractivity contribution in [1.82, 2.24) is 5.32 Å². The van der Waals surface area contributed by atoms with Crippen molar-refractivity contribution in [3.05, 3.63) is 53.7 Å². The van der Waals surface area contributed by atoms with Crippen molar-refractivity contribution in [2.45, 2.75) is 6.04 Å². The van der Waals surface area contributed by atoms with E-state index in [9.17, 15) is 27.9 Å². The molecule has 2 aromatic rings. The number of furan rings is 1. The van der Waals surface area contributed by atoms with Crippen LogP contribution in [0.4, 0.5) is 18.9 Å². The minimum Gasteiger partial charge on any atom is -0.467 e. The zero-order chi connectivity index (χ0) is 17.0. The third-order valence-corrected chi connectivity index (χ3v) is 2.82. The number of carbonyl (C=O) groups is 2. The Labute approximate surface area is 127 Å². The number of benzene rings is 1. The SMILES string of the molecule is O=C(Nc1cc(F)c(F)c(F)c1)C(=O)NC(CO)c1ccco1. The Kier molecular flexibility index (Phi) is 5.02. The van der Waals surface area contributed by atoms with E-state index in [0.29, 0.717) is 12.1 Å². The van der Waals surface area contributed by atoms with Gasteiger partial charge >= 0.3 is 11.8 Å². The molecule has 0 spiro atoms. The highest BCUT2D eigenvalue weighted by molar-refractivity contribution is 6.39. The second-order valence-corrected chi connectivity index (χ2v) is 4.43. The monoisotopic (exact) mass is 328 g/mol. The third kappa shape index (κ3) is 3.89. The van der Waals surface area contributed by atoms with Crippen molar-refractivity contribution >= 4 is 17.5 Å². The highest BCUT2D eigenvalue weighted by atomic mass is 19.2.